The van der Waals surface area contributed by atoms with Gasteiger partial charge in [0.25, 0.3) is 0 Å². The molecule has 0 amide bonds. The van der Waals surface area contributed by atoms with E-state index in [1.165, 1.54) is 21.1 Å². The van der Waals surface area contributed by atoms with Crippen LogP contribution in [-0.2, 0) is 10.3 Å². The van der Waals surface area contributed by atoms with Crippen molar-refractivity contribution < 1.29 is 25.1 Å². The van der Waals surface area contributed by atoms with Gasteiger partial charge in [-0.3, -0.25) is 0 Å². The van der Waals surface area contributed by atoms with Crippen LogP contribution in [0.2, 0.25) is 0 Å². The average Bonchev–Trinajstić information content (AvgIpc) is 2.27. The van der Waals surface area contributed by atoms with Crippen molar-refractivity contribution in [2.45, 2.75) is 12.5 Å². The van der Waals surface area contributed by atoms with Gasteiger partial charge in [-0.1, -0.05) is 0 Å². The zero-order chi connectivity index (χ0) is 12.3. The number of rotatable bonds is 4. The van der Waals surface area contributed by atoms with Crippen molar-refractivity contribution in [2.24, 2.45) is 0 Å². The fourth-order valence-electron chi connectivity index (χ4n) is 1.30. The first-order valence-electron chi connectivity index (χ1n) is 4.72. The molecule has 0 saturated heterocycles. The largest absolute Gasteiger partial charge is 0.543 e. The van der Waals surface area contributed by atoms with Crippen LogP contribution in [0.4, 0.5) is 0 Å². The molecule has 5 nitrogen and oxygen atoms in total. The van der Waals surface area contributed by atoms with E-state index >= 15 is 0 Å². The minimum Gasteiger partial charge on any atom is -0.543 e. The highest BCUT2D eigenvalue weighted by Crippen LogP contribution is 2.30. The summed E-state index contributed by atoms with van der Waals surface area (Å²) in [6, 6.07) is 4.85. The molecule has 1 atom stereocenters. The van der Waals surface area contributed by atoms with Gasteiger partial charge in [0, 0.05) is 12.5 Å². The lowest BCUT2D eigenvalue weighted by Crippen LogP contribution is -2.75. The smallest absolute Gasteiger partial charge is 0.161 e. The van der Waals surface area contributed by atoms with Crippen LogP contribution in [0.5, 0.6) is 11.5 Å². The molecule has 0 aliphatic rings. The maximum absolute atomic E-state index is 10.9. The molecule has 0 aliphatic carbocycles. The van der Waals surface area contributed by atoms with Gasteiger partial charge in [0.05, 0.1) is 14.2 Å². The predicted molar refractivity (Wildman–Crippen MR) is 54.8 cm³/mol. The Kier molecular flexibility index (Phi) is 3.39. The summed E-state index contributed by atoms with van der Waals surface area (Å²) in [7, 11) is 3.00. The van der Waals surface area contributed by atoms with E-state index in [1.807, 2.05) is 0 Å². The zero-order valence-corrected chi connectivity index (χ0v) is 9.57. The first-order valence-corrected chi connectivity index (χ1v) is 4.72. The first-order chi connectivity index (χ1) is 7.43. The molecule has 88 valence electrons. The van der Waals surface area contributed by atoms with Gasteiger partial charge in [0.15, 0.2) is 17.0 Å². The van der Waals surface area contributed by atoms with Crippen molar-refractivity contribution in [1.82, 2.24) is 0 Å². The molecule has 0 bridgehead atoms. The number of carboxylic acids is 1. The molecule has 0 aliphatic heterocycles. The summed E-state index contributed by atoms with van der Waals surface area (Å²) >= 11 is 0. The molecule has 0 spiro atoms. The molecule has 1 aromatic rings. The van der Waals surface area contributed by atoms with Crippen LogP contribution in [-0.4, -0.2) is 20.2 Å². The van der Waals surface area contributed by atoms with Crippen molar-refractivity contribution in [1.29, 1.82) is 0 Å². The fourth-order valence-corrected chi connectivity index (χ4v) is 1.30. The summed E-state index contributed by atoms with van der Waals surface area (Å²) in [5.74, 6) is -0.226. The monoisotopic (exact) mass is 225 g/mol. The predicted octanol–water partition coefficient (Wildman–Crippen LogP) is -1.09. The Hall–Kier alpha value is -1.75. The Morgan fingerprint density at radius 2 is 1.88 bits per heavy atom. The third-order valence-electron chi connectivity index (χ3n) is 2.47. The number of quaternary nitrogens is 1. The molecular formula is C11H15NO4. The molecule has 3 N–H and O–H groups in total. The number of aliphatic carboxylic acids is 1. The van der Waals surface area contributed by atoms with Crippen LogP contribution in [0, 0.1) is 0 Å². The molecule has 1 aromatic carbocycles. The molecule has 5 heteroatoms. The Morgan fingerprint density at radius 3 is 2.31 bits per heavy atom. The SMILES string of the molecule is COc1ccc([C@](C)([NH3+])C(=O)[O-])cc1OC. The number of carboxylic acid groups (broad SMARTS) is 1. The summed E-state index contributed by atoms with van der Waals surface area (Å²) < 4.78 is 10.1. The normalized spacial score (nSPS) is 14.0. The van der Waals surface area contributed by atoms with Gasteiger partial charge in [-0.25, -0.2) is 0 Å². The third-order valence-corrected chi connectivity index (χ3v) is 2.47. The van der Waals surface area contributed by atoms with Gasteiger partial charge in [-0.05, 0) is 18.2 Å². The van der Waals surface area contributed by atoms with Crippen LogP contribution in [0.1, 0.15) is 12.5 Å². The van der Waals surface area contributed by atoms with Gasteiger partial charge in [0.2, 0.25) is 0 Å². The average molecular weight is 225 g/mol. The second-order valence-corrected chi connectivity index (χ2v) is 3.69. The minimum absolute atomic E-state index is 0.469. The second-order valence-electron chi connectivity index (χ2n) is 3.69. The molecular weight excluding hydrogens is 210 g/mol. The van der Waals surface area contributed by atoms with Gasteiger partial charge in [-0.15, -0.1) is 0 Å². The number of hydrogen-bond donors (Lipinski definition) is 1. The van der Waals surface area contributed by atoms with Crippen molar-refractivity contribution in [2.75, 3.05) is 14.2 Å². The highest BCUT2D eigenvalue weighted by atomic mass is 16.5. The Labute approximate surface area is 93.8 Å². The number of hydrogen-bond acceptors (Lipinski definition) is 4. The molecule has 0 saturated carbocycles. The summed E-state index contributed by atoms with van der Waals surface area (Å²) in [6.07, 6.45) is 0. The number of carbonyl (C=O) groups excluding carboxylic acids is 1. The number of carbonyl (C=O) groups is 1. The van der Waals surface area contributed by atoms with E-state index in [9.17, 15) is 9.90 Å². The fraction of sp³-hybridized carbons (Fsp3) is 0.364. The number of benzene rings is 1. The molecule has 0 radical (unpaired) electrons. The second kappa shape index (κ2) is 4.40. The van der Waals surface area contributed by atoms with E-state index in [0.717, 1.165) is 0 Å². The van der Waals surface area contributed by atoms with E-state index in [-0.39, 0.29) is 0 Å². The van der Waals surface area contributed by atoms with E-state index in [1.54, 1.807) is 18.2 Å². The van der Waals surface area contributed by atoms with E-state index in [4.69, 9.17) is 9.47 Å². The molecule has 0 unspecified atom stereocenters. The van der Waals surface area contributed by atoms with Crippen LogP contribution < -0.4 is 20.3 Å². The van der Waals surface area contributed by atoms with Gasteiger partial charge < -0.3 is 25.1 Å². The molecule has 0 fully saturated rings. The number of methoxy groups -OCH3 is 2. The topological polar surface area (TPSA) is 86.2 Å². The summed E-state index contributed by atoms with van der Waals surface area (Å²) in [5, 5.41) is 10.9. The van der Waals surface area contributed by atoms with Crippen LogP contribution in [0.25, 0.3) is 0 Å². The van der Waals surface area contributed by atoms with Gasteiger partial charge >= 0.3 is 0 Å². The van der Waals surface area contributed by atoms with Crippen LogP contribution in [0.3, 0.4) is 0 Å². The summed E-state index contributed by atoms with van der Waals surface area (Å²) in [5.41, 5.74) is 2.81. The van der Waals surface area contributed by atoms with Crippen LogP contribution in [0.15, 0.2) is 18.2 Å². The lowest BCUT2D eigenvalue weighted by atomic mass is 9.93. The van der Waals surface area contributed by atoms with E-state index in [0.29, 0.717) is 17.1 Å². The summed E-state index contributed by atoms with van der Waals surface area (Å²) in [4.78, 5) is 10.9. The minimum atomic E-state index is -1.31. The lowest BCUT2D eigenvalue weighted by molar-refractivity contribution is -0.489. The van der Waals surface area contributed by atoms with Crippen LogP contribution >= 0.6 is 0 Å². The first kappa shape index (κ1) is 12.3. The Bertz CT molecular complexity index is 401. The van der Waals surface area contributed by atoms with Crippen molar-refractivity contribution in [3.05, 3.63) is 23.8 Å². The summed E-state index contributed by atoms with van der Waals surface area (Å²) in [6.45, 7) is 1.48. The van der Waals surface area contributed by atoms with Crippen molar-refractivity contribution in [3.8, 4) is 11.5 Å². The zero-order valence-electron chi connectivity index (χ0n) is 9.57. The maximum Gasteiger partial charge on any atom is 0.161 e. The van der Waals surface area contributed by atoms with Gasteiger partial charge in [-0.2, -0.15) is 0 Å². The van der Waals surface area contributed by atoms with Crippen molar-refractivity contribution in [3.63, 3.8) is 0 Å². The molecule has 16 heavy (non-hydrogen) atoms. The van der Waals surface area contributed by atoms with E-state index < -0.39 is 11.5 Å². The Morgan fingerprint density at radius 1 is 1.31 bits per heavy atom. The molecule has 1 rings (SSSR count). The van der Waals surface area contributed by atoms with Crippen molar-refractivity contribution >= 4 is 5.97 Å². The highest BCUT2D eigenvalue weighted by molar-refractivity contribution is 5.76. The highest BCUT2D eigenvalue weighted by Gasteiger charge is 2.28. The number of ether oxygens (including phenoxy) is 2. The quantitative estimate of drug-likeness (QED) is 0.705. The lowest BCUT2D eigenvalue weighted by Gasteiger charge is -2.23. The third kappa shape index (κ3) is 2.09. The molecule has 0 aromatic heterocycles. The van der Waals surface area contributed by atoms with E-state index in [2.05, 4.69) is 5.73 Å². The maximum atomic E-state index is 10.9. The van der Waals surface area contributed by atoms with Gasteiger partial charge in [0.1, 0.15) is 5.97 Å². The standard InChI is InChI=1S/C11H15NO4/c1-11(12,10(13)14)7-4-5-8(15-2)9(6-7)16-3/h4-6H,12H2,1-3H3,(H,13,14)/t11-/m0/s1. The molecule has 0 heterocycles. The Balaban J connectivity index is 3.23.